The molecule has 0 saturated carbocycles. The third-order valence-corrected chi connectivity index (χ3v) is 2.09. The van der Waals surface area contributed by atoms with E-state index in [4.69, 9.17) is 4.42 Å². The van der Waals surface area contributed by atoms with Crippen LogP contribution in [-0.2, 0) is 6.54 Å². The number of nitrogens with one attached hydrogen (secondary N) is 1. The van der Waals surface area contributed by atoms with E-state index < -0.39 is 0 Å². The van der Waals surface area contributed by atoms with Crippen LogP contribution in [0.5, 0.6) is 0 Å². The molecule has 1 aromatic heterocycles. The molecule has 78 valence electrons. The molecule has 2 rings (SSSR count). The lowest BCUT2D eigenvalue weighted by Crippen LogP contribution is -1.99. The summed E-state index contributed by atoms with van der Waals surface area (Å²) < 4.78 is 5.20. The van der Waals surface area contributed by atoms with Crippen LogP contribution < -0.4 is 5.32 Å². The maximum absolute atomic E-state index is 5.20. The molecule has 0 aliphatic carbocycles. The van der Waals surface area contributed by atoms with Gasteiger partial charge in [0.05, 0.1) is 0 Å². The summed E-state index contributed by atoms with van der Waals surface area (Å²) in [5.74, 6) is 0.571. The molecule has 0 saturated heterocycles. The van der Waals surface area contributed by atoms with Crippen molar-refractivity contribution in [1.82, 2.24) is 10.2 Å². The third kappa shape index (κ3) is 2.56. The maximum atomic E-state index is 5.20. The van der Waals surface area contributed by atoms with Crippen molar-refractivity contribution in [2.75, 3.05) is 5.32 Å². The molecule has 2 aromatic rings. The van der Waals surface area contributed by atoms with Gasteiger partial charge in [-0.2, -0.15) is 0 Å². The number of benzene rings is 1. The quantitative estimate of drug-likeness (QED) is 0.831. The number of rotatable bonds is 3. The summed E-state index contributed by atoms with van der Waals surface area (Å²) in [7, 11) is 0. The molecule has 0 aliphatic rings. The zero-order chi connectivity index (χ0) is 10.7. The first kappa shape index (κ1) is 9.71. The van der Waals surface area contributed by atoms with Crippen LogP contribution in [0, 0.1) is 13.8 Å². The predicted octanol–water partition coefficient (Wildman–Crippen LogP) is 2.30. The van der Waals surface area contributed by atoms with Gasteiger partial charge in [0, 0.05) is 13.5 Å². The average molecular weight is 203 g/mol. The van der Waals surface area contributed by atoms with Crippen LogP contribution in [0.1, 0.15) is 17.0 Å². The van der Waals surface area contributed by atoms with Crippen LogP contribution >= 0.6 is 0 Å². The van der Waals surface area contributed by atoms with E-state index in [1.165, 1.54) is 11.1 Å². The van der Waals surface area contributed by atoms with Crippen LogP contribution in [0.3, 0.4) is 0 Å². The molecule has 1 heterocycles. The predicted molar refractivity (Wildman–Crippen MR) is 57.5 cm³/mol. The minimum atomic E-state index is 0.466. The molecule has 0 unspecified atom stereocenters. The van der Waals surface area contributed by atoms with Gasteiger partial charge in [-0.15, -0.1) is 5.10 Å². The first-order valence-corrected chi connectivity index (χ1v) is 4.83. The minimum absolute atomic E-state index is 0.466. The Kier molecular flexibility index (Phi) is 2.67. The molecule has 0 fully saturated rings. The number of hydrogen-bond acceptors (Lipinski definition) is 4. The second kappa shape index (κ2) is 4.13. The Morgan fingerprint density at radius 3 is 2.47 bits per heavy atom. The van der Waals surface area contributed by atoms with Gasteiger partial charge < -0.3 is 9.73 Å². The van der Waals surface area contributed by atoms with Crippen LogP contribution in [0.4, 0.5) is 6.01 Å². The second-order valence-electron chi connectivity index (χ2n) is 3.47. The summed E-state index contributed by atoms with van der Waals surface area (Å²) >= 11 is 0. The fourth-order valence-corrected chi connectivity index (χ4v) is 1.25. The van der Waals surface area contributed by atoms with Gasteiger partial charge in [-0.25, -0.2) is 0 Å². The molecule has 15 heavy (non-hydrogen) atoms. The Labute approximate surface area is 88.3 Å². The molecular formula is C11H13N3O. The lowest BCUT2D eigenvalue weighted by molar-refractivity contribution is 0.530. The molecule has 4 heteroatoms. The van der Waals surface area contributed by atoms with E-state index >= 15 is 0 Å². The zero-order valence-corrected chi connectivity index (χ0v) is 8.82. The molecule has 0 amide bonds. The Bertz CT molecular complexity index is 433. The monoisotopic (exact) mass is 203 g/mol. The molecule has 0 spiro atoms. The number of aromatic nitrogens is 2. The van der Waals surface area contributed by atoms with Gasteiger partial charge in [0.25, 0.3) is 0 Å². The van der Waals surface area contributed by atoms with Gasteiger partial charge in [-0.05, 0) is 12.5 Å². The Hall–Kier alpha value is -1.84. The van der Waals surface area contributed by atoms with Crippen molar-refractivity contribution in [3.8, 4) is 0 Å². The molecular weight excluding hydrogens is 190 g/mol. The van der Waals surface area contributed by atoms with E-state index in [2.05, 4.69) is 46.7 Å². The van der Waals surface area contributed by atoms with Crippen molar-refractivity contribution in [3.05, 3.63) is 41.3 Å². The topological polar surface area (TPSA) is 51.0 Å². The lowest BCUT2D eigenvalue weighted by atomic mass is 10.1. The van der Waals surface area contributed by atoms with E-state index in [0.29, 0.717) is 18.5 Å². The SMILES string of the molecule is Cc1ccc(CNc2nnc(C)o2)cc1. The fourth-order valence-electron chi connectivity index (χ4n) is 1.25. The van der Waals surface area contributed by atoms with Crippen LogP contribution in [0.15, 0.2) is 28.7 Å². The number of nitrogens with zero attached hydrogens (tertiary/aromatic N) is 2. The van der Waals surface area contributed by atoms with Gasteiger partial charge >= 0.3 is 6.01 Å². The van der Waals surface area contributed by atoms with Crippen LogP contribution in [0.2, 0.25) is 0 Å². The minimum Gasteiger partial charge on any atom is -0.408 e. The van der Waals surface area contributed by atoms with E-state index in [-0.39, 0.29) is 0 Å². The highest BCUT2D eigenvalue weighted by atomic mass is 16.4. The first-order chi connectivity index (χ1) is 7.24. The summed E-state index contributed by atoms with van der Waals surface area (Å²) in [6.45, 7) is 4.53. The van der Waals surface area contributed by atoms with E-state index in [1.807, 2.05) is 0 Å². The summed E-state index contributed by atoms with van der Waals surface area (Å²) in [6, 6.07) is 8.77. The Morgan fingerprint density at radius 2 is 1.87 bits per heavy atom. The fraction of sp³-hybridized carbons (Fsp3) is 0.273. The molecule has 4 nitrogen and oxygen atoms in total. The van der Waals surface area contributed by atoms with E-state index in [1.54, 1.807) is 6.92 Å². The average Bonchev–Trinajstić information content (AvgIpc) is 2.64. The second-order valence-corrected chi connectivity index (χ2v) is 3.47. The molecule has 0 atom stereocenters. The summed E-state index contributed by atoms with van der Waals surface area (Å²) in [5.41, 5.74) is 2.45. The first-order valence-electron chi connectivity index (χ1n) is 4.83. The Morgan fingerprint density at radius 1 is 1.13 bits per heavy atom. The van der Waals surface area contributed by atoms with Gasteiger partial charge in [0.2, 0.25) is 5.89 Å². The molecule has 1 N–H and O–H groups in total. The van der Waals surface area contributed by atoms with Crippen molar-refractivity contribution in [2.45, 2.75) is 20.4 Å². The number of aryl methyl sites for hydroxylation is 2. The van der Waals surface area contributed by atoms with Gasteiger partial charge in [0.1, 0.15) is 0 Å². The molecule has 0 radical (unpaired) electrons. The maximum Gasteiger partial charge on any atom is 0.315 e. The molecule has 0 aliphatic heterocycles. The number of anilines is 1. The van der Waals surface area contributed by atoms with E-state index in [0.717, 1.165) is 0 Å². The molecule has 0 bridgehead atoms. The van der Waals surface area contributed by atoms with Crippen molar-refractivity contribution in [2.24, 2.45) is 0 Å². The number of hydrogen-bond donors (Lipinski definition) is 1. The summed E-state index contributed by atoms with van der Waals surface area (Å²) in [5, 5.41) is 10.6. The largest absolute Gasteiger partial charge is 0.408 e. The van der Waals surface area contributed by atoms with Crippen LogP contribution in [-0.4, -0.2) is 10.2 Å². The highest BCUT2D eigenvalue weighted by Gasteiger charge is 2.00. The van der Waals surface area contributed by atoms with Crippen molar-refractivity contribution in [3.63, 3.8) is 0 Å². The lowest BCUT2D eigenvalue weighted by Gasteiger charge is -2.01. The van der Waals surface area contributed by atoms with Gasteiger partial charge in [0.15, 0.2) is 0 Å². The highest BCUT2D eigenvalue weighted by Crippen LogP contribution is 2.08. The highest BCUT2D eigenvalue weighted by molar-refractivity contribution is 5.26. The molecule has 1 aromatic carbocycles. The van der Waals surface area contributed by atoms with Crippen molar-refractivity contribution >= 4 is 6.01 Å². The summed E-state index contributed by atoms with van der Waals surface area (Å²) in [6.07, 6.45) is 0. The van der Waals surface area contributed by atoms with Crippen molar-refractivity contribution < 1.29 is 4.42 Å². The standard InChI is InChI=1S/C11H13N3O/c1-8-3-5-10(6-4-8)7-12-11-14-13-9(2)15-11/h3-6H,7H2,1-2H3,(H,12,14). The van der Waals surface area contributed by atoms with Crippen molar-refractivity contribution in [1.29, 1.82) is 0 Å². The van der Waals surface area contributed by atoms with Crippen LogP contribution in [0.25, 0.3) is 0 Å². The summed E-state index contributed by atoms with van der Waals surface area (Å²) in [4.78, 5) is 0. The Balaban J connectivity index is 1.96. The normalized spacial score (nSPS) is 10.3. The smallest absolute Gasteiger partial charge is 0.315 e. The van der Waals surface area contributed by atoms with Gasteiger partial charge in [-0.1, -0.05) is 34.9 Å². The zero-order valence-electron chi connectivity index (χ0n) is 8.82. The third-order valence-electron chi connectivity index (χ3n) is 2.09. The van der Waals surface area contributed by atoms with Gasteiger partial charge in [-0.3, -0.25) is 0 Å². The van der Waals surface area contributed by atoms with E-state index in [9.17, 15) is 0 Å².